The summed E-state index contributed by atoms with van der Waals surface area (Å²) in [7, 11) is 1.77. The molecule has 20 heavy (non-hydrogen) atoms. The lowest BCUT2D eigenvalue weighted by Crippen LogP contribution is -2.64. The molecule has 1 aliphatic heterocycles. The number of rotatable bonds is 4. The second-order valence-corrected chi connectivity index (χ2v) is 5.50. The molecule has 0 saturated carbocycles. The van der Waals surface area contributed by atoms with Crippen molar-refractivity contribution in [2.45, 2.75) is 45.8 Å². The van der Waals surface area contributed by atoms with Crippen molar-refractivity contribution in [2.24, 2.45) is 13.0 Å². The van der Waals surface area contributed by atoms with Crippen molar-refractivity contribution in [3.05, 3.63) is 11.9 Å². The number of nitrogens with one attached hydrogen (secondary N) is 1. The highest BCUT2D eigenvalue weighted by Crippen LogP contribution is 2.19. The van der Waals surface area contributed by atoms with Crippen LogP contribution in [-0.4, -0.2) is 43.8 Å². The van der Waals surface area contributed by atoms with Gasteiger partial charge in [0.25, 0.3) is 0 Å². The van der Waals surface area contributed by atoms with Crippen LogP contribution in [0.4, 0.5) is 0 Å². The van der Waals surface area contributed by atoms with E-state index < -0.39 is 12.1 Å². The lowest BCUT2D eigenvalue weighted by atomic mass is 9.97. The number of piperazine rings is 1. The zero-order valence-corrected chi connectivity index (χ0v) is 12.3. The second kappa shape index (κ2) is 5.60. The molecule has 1 aromatic heterocycles. The number of hydrogen-bond acceptors (Lipinski definition) is 4. The van der Waals surface area contributed by atoms with Crippen molar-refractivity contribution < 1.29 is 9.59 Å². The maximum Gasteiger partial charge on any atom is 0.246 e. The predicted octanol–water partition coefficient (Wildman–Crippen LogP) is 0.0767. The topological polar surface area (TPSA) is 80.1 Å². The largest absolute Gasteiger partial charge is 0.342 e. The Labute approximate surface area is 118 Å². The summed E-state index contributed by atoms with van der Waals surface area (Å²) < 4.78 is 1.59. The summed E-state index contributed by atoms with van der Waals surface area (Å²) in [5, 5.41) is 10.7. The molecule has 2 heterocycles. The van der Waals surface area contributed by atoms with Gasteiger partial charge in [-0.25, -0.2) is 0 Å². The lowest BCUT2D eigenvalue weighted by Gasteiger charge is -2.39. The van der Waals surface area contributed by atoms with Gasteiger partial charge in [0.05, 0.1) is 6.54 Å². The number of nitrogens with zero attached hydrogens (tertiary/aromatic N) is 4. The average Bonchev–Trinajstić information content (AvgIpc) is 2.79. The molecule has 0 aliphatic carbocycles. The Morgan fingerprint density at radius 1 is 1.40 bits per heavy atom. The third-order valence-corrected chi connectivity index (χ3v) is 3.56. The van der Waals surface area contributed by atoms with Crippen LogP contribution in [0.1, 0.15) is 32.9 Å². The molecule has 2 atom stereocenters. The minimum absolute atomic E-state index is 0.0443. The maximum atomic E-state index is 12.5. The summed E-state index contributed by atoms with van der Waals surface area (Å²) in [6.45, 7) is 6.07. The van der Waals surface area contributed by atoms with Crippen LogP contribution < -0.4 is 5.32 Å². The summed E-state index contributed by atoms with van der Waals surface area (Å²) in [6.07, 6.45) is 2.35. The summed E-state index contributed by atoms with van der Waals surface area (Å²) in [6, 6.07) is -0.888. The number of carbonyl (C=O) groups excluding carboxylic acids is 2. The van der Waals surface area contributed by atoms with Crippen LogP contribution in [0.2, 0.25) is 0 Å². The molecule has 1 aliphatic rings. The van der Waals surface area contributed by atoms with E-state index in [2.05, 4.69) is 15.6 Å². The van der Waals surface area contributed by atoms with Gasteiger partial charge in [-0.3, -0.25) is 14.3 Å². The van der Waals surface area contributed by atoms with E-state index in [0.29, 0.717) is 18.7 Å². The zero-order valence-electron chi connectivity index (χ0n) is 12.3. The van der Waals surface area contributed by atoms with Gasteiger partial charge in [-0.2, -0.15) is 0 Å². The number of aromatic nitrogens is 3. The molecule has 0 spiro atoms. The fraction of sp³-hybridized carbons (Fsp3) is 0.692. The predicted molar refractivity (Wildman–Crippen MR) is 72.4 cm³/mol. The van der Waals surface area contributed by atoms with Gasteiger partial charge in [0, 0.05) is 13.2 Å². The van der Waals surface area contributed by atoms with E-state index in [1.165, 1.54) is 0 Å². The fourth-order valence-electron chi connectivity index (χ4n) is 2.47. The van der Waals surface area contributed by atoms with Crippen LogP contribution in [0.15, 0.2) is 6.20 Å². The summed E-state index contributed by atoms with van der Waals surface area (Å²) >= 11 is 0. The Morgan fingerprint density at radius 3 is 2.60 bits per heavy atom. The average molecular weight is 279 g/mol. The molecule has 7 nitrogen and oxygen atoms in total. The quantitative estimate of drug-likeness (QED) is 0.846. The van der Waals surface area contributed by atoms with Crippen LogP contribution in [0, 0.1) is 5.92 Å². The highest BCUT2D eigenvalue weighted by atomic mass is 16.2. The monoisotopic (exact) mass is 279 g/mol. The van der Waals surface area contributed by atoms with Crippen molar-refractivity contribution >= 4 is 11.8 Å². The molecule has 0 aromatic carbocycles. The smallest absolute Gasteiger partial charge is 0.246 e. The molecule has 110 valence electrons. The molecule has 2 amide bonds. The van der Waals surface area contributed by atoms with E-state index in [1.54, 1.807) is 22.8 Å². The first kappa shape index (κ1) is 14.5. The Balaban J connectivity index is 2.24. The molecule has 1 fully saturated rings. The summed E-state index contributed by atoms with van der Waals surface area (Å²) in [5.41, 5.74) is 0.691. The molecule has 0 radical (unpaired) electrons. The van der Waals surface area contributed by atoms with Crippen molar-refractivity contribution in [1.82, 2.24) is 25.2 Å². The Hall–Kier alpha value is -1.92. The highest BCUT2D eigenvalue weighted by molar-refractivity contribution is 5.97. The Bertz CT molecular complexity index is 511. The first-order valence-corrected chi connectivity index (χ1v) is 6.90. The molecule has 7 heteroatoms. The lowest BCUT2D eigenvalue weighted by molar-refractivity contribution is -0.151. The van der Waals surface area contributed by atoms with E-state index in [9.17, 15) is 9.59 Å². The van der Waals surface area contributed by atoms with Gasteiger partial charge in [0.1, 0.15) is 17.8 Å². The number of hydrogen-bond donors (Lipinski definition) is 1. The maximum absolute atomic E-state index is 12.5. The van der Waals surface area contributed by atoms with Gasteiger partial charge in [-0.05, 0) is 12.3 Å². The Kier molecular flexibility index (Phi) is 4.06. The van der Waals surface area contributed by atoms with E-state index >= 15 is 0 Å². The van der Waals surface area contributed by atoms with E-state index in [0.717, 1.165) is 0 Å². The minimum atomic E-state index is -0.457. The van der Waals surface area contributed by atoms with E-state index in [4.69, 9.17) is 0 Å². The normalized spacial score (nSPS) is 23.4. The third-order valence-electron chi connectivity index (χ3n) is 3.56. The molecule has 1 N–H and O–H groups in total. The first-order chi connectivity index (χ1) is 9.43. The van der Waals surface area contributed by atoms with Crippen LogP contribution in [0.5, 0.6) is 0 Å². The number of carbonyl (C=O) groups is 2. The molecular weight excluding hydrogens is 258 g/mol. The zero-order chi connectivity index (χ0) is 14.9. The van der Waals surface area contributed by atoms with E-state index in [1.807, 2.05) is 20.8 Å². The first-order valence-electron chi connectivity index (χ1n) is 6.90. The van der Waals surface area contributed by atoms with E-state index in [-0.39, 0.29) is 17.7 Å². The van der Waals surface area contributed by atoms with Crippen molar-refractivity contribution in [1.29, 1.82) is 0 Å². The molecular formula is C13H21N5O2. The Morgan fingerprint density at radius 2 is 2.10 bits per heavy atom. The fourth-order valence-corrected chi connectivity index (χ4v) is 2.47. The molecule has 1 saturated heterocycles. The second-order valence-electron chi connectivity index (χ2n) is 5.50. The van der Waals surface area contributed by atoms with Crippen LogP contribution in [0.25, 0.3) is 0 Å². The van der Waals surface area contributed by atoms with Crippen LogP contribution in [0.3, 0.4) is 0 Å². The van der Waals surface area contributed by atoms with Gasteiger partial charge in [0.15, 0.2) is 0 Å². The number of amides is 2. The minimum Gasteiger partial charge on any atom is -0.342 e. The molecule has 2 unspecified atom stereocenters. The molecule has 2 rings (SSSR count). The van der Waals surface area contributed by atoms with Gasteiger partial charge in [0.2, 0.25) is 11.8 Å². The van der Waals surface area contributed by atoms with Crippen molar-refractivity contribution in [2.75, 3.05) is 0 Å². The van der Waals surface area contributed by atoms with Crippen LogP contribution >= 0.6 is 0 Å². The van der Waals surface area contributed by atoms with Gasteiger partial charge in [-0.15, -0.1) is 5.10 Å². The third kappa shape index (κ3) is 2.66. The van der Waals surface area contributed by atoms with Gasteiger partial charge >= 0.3 is 0 Å². The SMILES string of the molecule is CCC1C(=O)NC(C(C)C)C(=O)N1Cc1cn(C)nn1. The van der Waals surface area contributed by atoms with Gasteiger partial charge < -0.3 is 10.2 Å². The molecule has 0 bridgehead atoms. The highest BCUT2D eigenvalue weighted by Gasteiger charge is 2.40. The number of aryl methyl sites for hydroxylation is 1. The molecule has 1 aromatic rings. The van der Waals surface area contributed by atoms with Crippen molar-refractivity contribution in [3.8, 4) is 0 Å². The van der Waals surface area contributed by atoms with Crippen LogP contribution in [-0.2, 0) is 23.2 Å². The standard InChI is InChI=1S/C13H21N5O2/c1-5-10-12(19)14-11(8(2)3)13(20)18(10)7-9-6-17(4)16-15-9/h6,8,10-11H,5,7H2,1-4H3,(H,14,19). The summed E-state index contributed by atoms with van der Waals surface area (Å²) in [5.74, 6) is -0.0691. The van der Waals surface area contributed by atoms with Crippen molar-refractivity contribution in [3.63, 3.8) is 0 Å². The van der Waals surface area contributed by atoms with Gasteiger partial charge in [-0.1, -0.05) is 26.0 Å². The summed E-state index contributed by atoms with van der Waals surface area (Å²) in [4.78, 5) is 26.3.